The van der Waals surface area contributed by atoms with E-state index in [1.54, 1.807) is 0 Å². The SMILES string of the molecule is O=C(N[C@@H]1CC[C@@H]2OCCO[C@@H]2C1)c1ccc(F)c(F)c1. The highest BCUT2D eigenvalue weighted by atomic mass is 19.2. The van der Waals surface area contributed by atoms with Crippen LogP contribution in [-0.4, -0.2) is 37.4 Å². The van der Waals surface area contributed by atoms with E-state index in [1.165, 1.54) is 6.07 Å². The number of nitrogens with one attached hydrogen (secondary N) is 1. The van der Waals surface area contributed by atoms with Crippen LogP contribution >= 0.6 is 0 Å². The van der Waals surface area contributed by atoms with Gasteiger partial charge in [0.05, 0.1) is 25.4 Å². The summed E-state index contributed by atoms with van der Waals surface area (Å²) in [5, 5.41) is 2.85. The second kappa shape index (κ2) is 6.07. The summed E-state index contributed by atoms with van der Waals surface area (Å²) in [6.07, 6.45) is 2.41. The third-order valence-electron chi connectivity index (χ3n) is 4.00. The van der Waals surface area contributed by atoms with E-state index in [1.807, 2.05) is 0 Å². The lowest BCUT2D eigenvalue weighted by atomic mass is 9.89. The molecule has 0 bridgehead atoms. The molecule has 1 aromatic carbocycles. The molecule has 1 heterocycles. The second-order valence-electron chi connectivity index (χ2n) is 5.43. The molecule has 1 amide bonds. The van der Waals surface area contributed by atoms with Gasteiger partial charge in [0.25, 0.3) is 5.91 Å². The Balaban J connectivity index is 1.61. The Morgan fingerprint density at radius 3 is 2.62 bits per heavy atom. The molecule has 0 spiro atoms. The molecule has 1 saturated carbocycles. The van der Waals surface area contributed by atoms with Crippen LogP contribution in [0, 0.1) is 11.6 Å². The van der Waals surface area contributed by atoms with Gasteiger partial charge >= 0.3 is 0 Å². The molecule has 0 radical (unpaired) electrons. The van der Waals surface area contributed by atoms with Crippen molar-refractivity contribution < 1.29 is 23.0 Å². The van der Waals surface area contributed by atoms with Crippen LogP contribution in [0.2, 0.25) is 0 Å². The number of benzene rings is 1. The van der Waals surface area contributed by atoms with Gasteiger partial charge in [-0.1, -0.05) is 0 Å². The monoisotopic (exact) mass is 297 g/mol. The van der Waals surface area contributed by atoms with E-state index in [9.17, 15) is 13.6 Å². The van der Waals surface area contributed by atoms with Crippen molar-refractivity contribution >= 4 is 5.91 Å². The standard InChI is InChI=1S/C15H17F2NO3/c16-11-3-1-9(7-12(11)17)15(19)18-10-2-4-13-14(8-10)21-6-5-20-13/h1,3,7,10,13-14H,2,4-6,8H2,(H,18,19)/t10-,13+,14-/m1/s1. The number of fused-ring (bicyclic) bond motifs is 1. The molecule has 6 heteroatoms. The van der Waals surface area contributed by atoms with Crippen LogP contribution in [0.5, 0.6) is 0 Å². The van der Waals surface area contributed by atoms with Gasteiger partial charge in [-0.3, -0.25) is 4.79 Å². The Hall–Kier alpha value is -1.53. The molecule has 2 aliphatic rings. The molecule has 114 valence electrons. The first-order chi connectivity index (χ1) is 10.1. The van der Waals surface area contributed by atoms with Crippen LogP contribution in [0.25, 0.3) is 0 Å². The predicted molar refractivity (Wildman–Crippen MR) is 70.9 cm³/mol. The average molecular weight is 297 g/mol. The summed E-state index contributed by atoms with van der Waals surface area (Å²) in [4.78, 5) is 12.1. The summed E-state index contributed by atoms with van der Waals surface area (Å²) in [5.74, 6) is -2.37. The van der Waals surface area contributed by atoms with Gasteiger partial charge in [0, 0.05) is 11.6 Å². The van der Waals surface area contributed by atoms with Crippen molar-refractivity contribution in [3.05, 3.63) is 35.4 Å². The molecule has 0 aromatic heterocycles. The number of carbonyl (C=O) groups excluding carboxylic acids is 1. The van der Waals surface area contributed by atoms with Gasteiger partial charge in [-0.25, -0.2) is 8.78 Å². The van der Waals surface area contributed by atoms with Crippen molar-refractivity contribution in [3.63, 3.8) is 0 Å². The highest BCUT2D eigenvalue weighted by Gasteiger charge is 2.34. The molecular formula is C15H17F2NO3. The van der Waals surface area contributed by atoms with Crippen LogP contribution in [-0.2, 0) is 9.47 Å². The molecule has 3 atom stereocenters. The number of hydrogen-bond acceptors (Lipinski definition) is 3. The van der Waals surface area contributed by atoms with Crippen molar-refractivity contribution in [1.29, 1.82) is 0 Å². The van der Waals surface area contributed by atoms with E-state index >= 15 is 0 Å². The summed E-state index contributed by atoms with van der Waals surface area (Å²) < 4.78 is 37.3. The largest absolute Gasteiger partial charge is 0.373 e. The molecule has 1 N–H and O–H groups in total. The Morgan fingerprint density at radius 2 is 1.86 bits per heavy atom. The zero-order valence-electron chi connectivity index (χ0n) is 11.5. The molecule has 1 saturated heterocycles. The van der Waals surface area contributed by atoms with Gasteiger partial charge in [0.15, 0.2) is 11.6 Å². The molecule has 0 unspecified atom stereocenters. The van der Waals surface area contributed by atoms with E-state index in [4.69, 9.17) is 9.47 Å². The fourth-order valence-corrected chi connectivity index (χ4v) is 2.90. The molecule has 1 aliphatic carbocycles. The number of ether oxygens (including phenoxy) is 2. The van der Waals surface area contributed by atoms with E-state index < -0.39 is 17.5 Å². The number of hydrogen-bond donors (Lipinski definition) is 1. The Bertz CT molecular complexity index is 538. The van der Waals surface area contributed by atoms with Gasteiger partial charge in [0.1, 0.15) is 0 Å². The number of carbonyl (C=O) groups is 1. The van der Waals surface area contributed by atoms with E-state index in [-0.39, 0.29) is 23.8 Å². The molecule has 3 rings (SSSR count). The fraction of sp³-hybridized carbons (Fsp3) is 0.533. The number of halogens is 2. The molecular weight excluding hydrogens is 280 g/mol. The van der Waals surface area contributed by atoms with E-state index in [0.717, 1.165) is 25.0 Å². The summed E-state index contributed by atoms with van der Waals surface area (Å²) in [6, 6.07) is 3.11. The Kier molecular flexibility index (Phi) is 4.17. The average Bonchev–Trinajstić information content (AvgIpc) is 2.50. The first-order valence-corrected chi connectivity index (χ1v) is 7.12. The third-order valence-corrected chi connectivity index (χ3v) is 4.00. The fourth-order valence-electron chi connectivity index (χ4n) is 2.90. The van der Waals surface area contributed by atoms with E-state index in [0.29, 0.717) is 19.6 Å². The van der Waals surface area contributed by atoms with Crippen molar-refractivity contribution in [2.75, 3.05) is 13.2 Å². The van der Waals surface area contributed by atoms with E-state index in [2.05, 4.69) is 5.32 Å². The summed E-state index contributed by atoms with van der Waals surface area (Å²) in [7, 11) is 0. The van der Waals surface area contributed by atoms with Crippen LogP contribution in [0.3, 0.4) is 0 Å². The molecule has 1 aromatic rings. The molecule has 21 heavy (non-hydrogen) atoms. The highest BCUT2D eigenvalue weighted by Crippen LogP contribution is 2.27. The van der Waals surface area contributed by atoms with Gasteiger partial charge in [-0.2, -0.15) is 0 Å². The summed E-state index contributed by atoms with van der Waals surface area (Å²) in [5.41, 5.74) is 0.122. The van der Waals surface area contributed by atoms with Crippen molar-refractivity contribution in [2.45, 2.75) is 37.5 Å². The Morgan fingerprint density at radius 1 is 1.10 bits per heavy atom. The number of rotatable bonds is 2. The lowest BCUT2D eigenvalue weighted by Gasteiger charge is -2.39. The topological polar surface area (TPSA) is 47.6 Å². The quantitative estimate of drug-likeness (QED) is 0.908. The van der Waals surface area contributed by atoms with Crippen LogP contribution in [0.4, 0.5) is 8.78 Å². The van der Waals surface area contributed by atoms with Gasteiger partial charge in [-0.05, 0) is 37.5 Å². The Labute approximate surface area is 121 Å². The molecule has 1 aliphatic heterocycles. The maximum Gasteiger partial charge on any atom is 0.251 e. The zero-order valence-corrected chi connectivity index (χ0v) is 11.5. The first-order valence-electron chi connectivity index (χ1n) is 7.12. The van der Waals surface area contributed by atoms with Crippen molar-refractivity contribution in [2.24, 2.45) is 0 Å². The zero-order chi connectivity index (χ0) is 14.8. The second-order valence-corrected chi connectivity index (χ2v) is 5.43. The minimum absolute atomic E-state index is 0.00255. The predicted octanol–water partition coefficient (Wildman–Crippen LogP) is 2.03. The maximum absolute atomic E-state index is 13.1. The van der Waals surface area contributed by atoms with Crippen LogP contribution in [0.15, 0.2) is 18.2 Å². The van der Waals surface area contributed by atoms with Gasteiger partial charge < -0.3 is 14.8 Å². The minimum atomic E-state index is -1.02. The highest BCUT2D eigenvalue weighted by molar-refractivity contribution is 5.94. The minimum Gasteiger partial charge on any atom is -0.373 e. The normalized spacial score (nSPS) is 28.8. The van der Waals surface area contributed by atoms with Gasteiger partial charge in [0.2, 0.25) is 0 Å². The first kappa shape index (κ1) is 14.4. The molecule has 2 fully saturated rings. The van der Waals surface area contributed by atoms with Crippen LogP contribution < -0.4 is 5.32 Å². The van der Waals surface area contributed by atoms with Crippen molar-refractivity contribution in [1.82, 2.24) is 5.32 Å². The van der Waals surface area contributed by atoms with Crippen LogP contribution in [0.1, 0.15) is 29.6 Å². The third kappa shape index (κ3) is 3.22. The summed E-state index contributed by atoms with van der Waals surface area (Å²) >= 11 is 0. The number of amides is 1. The summed E-state index contributed by atoms with van der Waals surface area (Å²) in [6.45, 7) is 1.19. The van der Waals surface area contributed by atoms with Crippen molar-refractivity contribution in [3.8, 4) is 0 Å². The lowest BCUT2D eigenvalue weighted by Crippen LogP contribution is -2.49. The lowest BCUT2D eigenvalue weighted by molar-refractivity contribution is -0.157. The molecule has 4 nitrogen and oxygen atoms in total. The maximum atomic E-state index is 13.1. The smallest absolute Gasteiger partial charge is 0.251 e. The van der Waals surface area contributed by atoms with Gasteiger partial charge in [-0.15, -0.1) is 0 Å².